The summed E-state index contributed by atoms with van der Waals surface area (Å²) in [6, 6.07) is 3.81. The van der Waals surface area contributed by atoms with E-state index in [1.807, 2.05) is 17.0 Å². The number of rotatable bonds is 3. The Kier molecular flexibility index (Phi) is 4.15. The Hall–Kier alpha value is -1.62. The number of nitrogens with two attached hydrogens (primary N) is 1. The van der Waals surface area contributed by atoms with Crippen LogP contribution in [0.1, 0.15) is 31.7 Å². The van der Waals surface area contributed by atoms with Crippen molar-refractivity contribution in [2.24, 2.45) is 11.8 Å². The zero-order valence-corrected chi connectivity index (χ0v) is 10.7. The zero-order chi connectivity index (χ0) is 13.0. The Balaban J connectivity index is 2.09. The average molecular weight is 248 g/mol. The Morgan fingerprint density at radius 3 is 3.17 bits per heavy atom. The molecule has 1 unspecified atom stereocenters. The molecular weight excluding hydrogens is 228 g/mol. The van der Waals surface area contributed by atoms with Crippen LogP contribution in [0.5, 0.6) is 0 Å². The van der Waals surface area contributed by atoms with Crippen LogP contribution in [0.3, 0.4) is 0 Å². The minimum absolute atomic E-state index is 0.228. The largest absolute Gasteiger partial charge is 0.338 e. The van der Waals surface area contributed by atoms with Crippen LogP contribution in [0.4, 0.5) is 5.82 Å². The summed E-state index contributed by atoms with van der Waals surface area (Å²) >= 11 is 0. The van der Waals surface area contributed by atoms with Gasteiger partial charge in [0.05, 0.1) is 0 Å². The van der Waals surface area contributed by atoms with E-state index in [9.17, 15) is 4.79 Å². The smallest absolute Gasteiger partial charge is 0.222 e. The molecule has 1 saturated heterocycles. The van der Waals surface area contributed by atoms with Crippen molar-refractivity contribution in [1.29, 1.82) is 0 Å². The molecule has 98 valence electrons. The van der Waals surface area contributed by atoms with E-state index in [4.69, 9.17) is 5.84 Å². The summed E-state index contributed by atoms with van der Waals surface area (Å²) in [4.78, 5) is 18.1. The molecule has 1 aliphatic heterocycles. The van der Waals surface area contributed by atoms with Crippen molar-refractivity contribution in [3.63, 3.8) is 0 Å². The van der Waals surface area contributed by atoms with Gasteiger partial charge in [-0.1, -0.05) is 13.0 Å². The van der Waals surface area contributed by atoms with E-state index in [-0.39, 0.29) is 5.91 Å². The SMILES string of the molecule is CC1CCC(=O)N(Cc2cccnc2NN)CC1. The Labute approximate surface area is 107 Å². The molecule has 3 N–H and O–H groups in total. The van der Waals surface area contributed by atoms with E-state index in [0.29, 0.717) is 24.7 Å². The molecule has 2 heterocycles. The second-order valence-corrected chi connectivity index (χ2v) is 4.90. The molecule has 1 fully saturated rings. The number of pyridine rings is 1. The molecule has 0 radical (unpaired) electrons. The third-order valence-electron chi connectivity index (χ3n) is 3.48. The Morgan fingerprint density at radius 2 is 2.39 bits per heavy atom. The first kappa shape index (κ1) is 12.8. The third-order valence-corrected chi connectivity index (χ3v) is 3.48. The van der Waals surface area contributed by atoms with E-state index >= 15 is 0 Å². The molecule has 1 aliphatic rings. The number of hydrogen-bond acceptors (Lipinski definition) is 4. The zero-order valence-electron chi connectivity index (χ0n) is 10.7. The van der Waals surface area contributed by atoms with Crippen LogP contribution in [-0.2, 0) is 11.3 Å². The number of carbonyl (C=O) groups is 1. The highest BCUT2D eigenvalue weighted by atomic mass is 16.2. The monoisotopic (exact) mass is 248 g/mol. The summed E-state index contributed by atoms with van der Waals surface area (Å²) in [5.74, 6) is 6.92. The molecule has 0 bridgehead atoms. The van der Waals surface area contributed by atoms with Gasteiger partial charge in [0.2, 0.25) is 5.91 Å². The van der Waals surface area contributed by atoms with Crippen LogP contribution in [0.15, 0.2) is 18.3 Å². The number of likely N-dealkylation sites (tertiary alicyclic amines) is 1. The lowest BCUT2D eigenvalue weighted by molar-refractivity contribution is -0.131. The minimum Gasteiger partial charge on any atom is -0.338 e. The van der Waals surface area contributed by atoms with Crippen molar-refractivity contribution in [2.45, 2.75) is 32.7 Å². The van der Waals surface area contributed by atoms with E-state index < -0.39 is 0 Å². The van der Waals surface area contributed by atoms with Crippen molar-refractivity contribution in [3.05, 3.63) is 23.9 Å². The van der Waals surface area contributed by atoms with Gasteiger partial charge in [0.25, 0.3) is 0 Å². The van der Waals surface area contributed by atoms with Crippen molar-refractivity contribution in [3.8, 4) is 0 Å². The number of nitrogen functional groups attached to an aromatic ring is 1. The van der Waals surface area contributed by atoms with E-state index in [1.165, 1.54) is 0 Å². The second-order valence-electron chi connectivity index (χ2n) is 4.90. The van der Waals surface area contributed by atoms with Gasteiger partial charge in [0.1, 0.15) is 5.82 Å². The molecule has 0 aromatic carbocycles. The molecule has 0 spiro atoms. The maximum Gasteiger partial charge on any atom is 0.222 e. The fraction of sp³-hybridized carbons (Fsp3) is 0.538. The topological polar surface area (TPSA) is 71.2 Å². The van der Waals surface area contributed by atoms with Crippen LogP contribution < -0.4 is 11.3 Å². The van der Waals surface area contributed by atoms with Gasteiger partial charge in [0.15, 0.2) is 0 Å². The quantitative estimate of drug-likeness (QED) is 0.628. The Bertz CT molecular complexity index is 421. The second kappa shape index (κ2) is 5.82. The minimum atomic E-state index is 0.228. The first-order chi connectivity index (χ1) is 8.70. The third kappa shape index (κ3) is 2.98. The predicted molar refractivity (Wildman–Crippen MR) is 70.5 cm³/mol. The number of nitrogens with zero attached hydrogens (tertiary/aromatic N) is 2. The van der Waals surface area contributed by atoms with E-state index in [0.717, 1.165) is 24.9 Å². The lowest BCUT2D eigenvalue weighted by Crippen LogP contribution is -2.30. The maximum atomic E-state index is 12.0. The van der Waals surface area contributed by atoms with E-state index in [2.05, 4.69) is 17.3 Å². The first-order valence-electron chi connectivity index (χ1n) is 6.39. The average Bonchev–Trinajstić information content (AvgIpc) is 2.55. The van der Waals surface area contributed by atoms with Crippen LogP contribution in [0.25, 0.3) is 0 Å². The fourth-order valence-corrected chi connectivity index (χ4v) is 2.24. The standard InChI is InChI=1S/C13H20N4O/c1-10-4-5-12(18)17(8-6-10)9-11-3-2-7-15-13(11)16-14/h2-3,7,10H,4-6,8-9,14H2,1H3,(H,15,16). The van der Waals surface area contributed by atoms with Gasteiger partial charge < -0.3 is 10.3 Å². The summed E-state index contributed by atoms with van der Waals surface area (Å²) in [5, 5.41) is 0. The molecule has 1 aromatic rings. The number of hydrogen-bond donors (Lipinski definition) is 2. The van der Waals surface area contributed by atoms with Gasteiger partial charge in [-0.15, -0.1) is 0 Å². The first-order valence-corrected chi connectivity index (χ1v) is 6.39. The van der Waals surface area contributed by atoms with Crippen molar-refractivity contribution >= 4 is 11.7 Å². The molecule has 1 aromatic heterocycles. The summed E-state index contributed by atoms with van der Waals surface area (Å²) in [5.41, 5.74) is 3.54. The molecule has 5 heteroatoms. The number of aromatic nitrogens is 1. The summed E-state index contributed by atoms with van der Waals surface area (Å²) in [7, 11) is 0. The molecule has 1 atom stereocenters. The van der Waals surface area contributed by atoms with Crippen LogP contribution >= 0.6 is 0 Å². The van der Waals surface area contributed by atoms with Crippen LogP contribution in [0.2, 0.25) is 0 Å². The van der Waals surface area contributed by atoms with Gasteiger partial charge in [0, 0.05) is 31.3 Å². The summed E-state index contributed by atoms with van der Waals surface area (Å²) < 4.78 is 0. The lowest BCUT2D eigenvalue weighted by atomic mass is 10.0. The van der Waals surface area contributed by atoms with Crippen LogP contribution in [0, 0.1) is 5.92 Å². The highest BCUT2D eigenvalue weighted by molar-refractivity contribution is 5.76. The predicted octanol–water partition coefficient (Wildman–Crippen LogP) is 1.52. The summed E-state index contributed by atoms with van der Waals surface area (Å²) in [6.45, 7) is 3.60. The number of anilines is 1. The number of hydrazine groups is 1. The number of nitrogens with one attached hydrogen (secondary N) is 1. The van der Waals surface area contributed by atoms with Crippen molar-refractivity contribution in [1.82, 2.24) is 9.88 Å². The van der Waals surface area contributed by atoms with E-state index in [1.54, 1.807) is 6.20 Å². The molecule has 0 saturated carbocycles. The fourth-order valence-electron chi connectivity index (χ4n) is 2.24. The molecular formula is C13H20N4O. The van der Waals surface area contributed by atoms with Crippen molar-refractivity contribution < 1.29 is 4.79 Å². The van der Waals surface area contributed by atoms with Gasteiger partial charge in [-0.3, -0.25) is 4.79 Å². The number of carbonyl (C=O) groups excluding carboxylic acids is 1. The van der Waals surface area contributed by atoms with Gasteiger partial charge in [-0.05, 0) is 24.8 Å². The van der Waals surface area contributed by atoms with Crippen LogP contribution in [-0.4, -0.2) is 22.3 Å². The highest BCUT2D eigenvalue weighted by Crippen LogP contribution is 2.20. The highest BCUT2D eigenvalue weighted by Gasteiger charge is 2.21. The van der Waals surface area contributed by atoms with Gasteiger partial charge >= 0.3 is 0 Å². The molecule has 2 rings (SSSR count). The molecule has 18 heavy (non-hydrogen) atoms. The van der Waals surface area contributed by atoms with Gasteiger partial charge in [-0.25, -0.2) is 10.8 Å². The molecule has 0 aliphatic carbocycles. The normalized spacial score (nSPS) is 20.7. The lowest BCUT2D eigenvalue weighted by Gasteiger charge is -2.21. The number of amides is 1. The Morgan fingerprint density at radius 1 is 1.56 bits per heavy atom. The van der Waals surface area contributed by atoms with Crippen molar-refractivity contribution in [2.75, 3.05) is 12.0 Å². The molecule has 1 amide bonds. The maximum absolute atomic E-state index is 12.0. The van der Waals surface area contributed by atoms with Gasteiger partial charge in [-0.2, -0.15) is 0 Å². The summed E-state index contributed by atoms with van der Waals surface area (Å²) in [6.07, 6.45) is 4.39. The molecule has 5 nitrogen and oxygen atoms in total.